The number of amides is 2. The van der Waals surface area contributed by atoms with Crippen LogP contribution in [0.25, 0.3) is 11.3 Å². The van der Waals surface area contributed by atoms with Gasteiger partial charge >= 0.3 is 12.1 Å². The lowest BCUT2D eigenvalue weighted by Crippen LogP contribution is -2.62. The number of unbranched alkanes of at least 4 members (excludes halogenated alkanes) is 1. The third-order valence-corrected chi connectivity index (χ3v) is 13.1. The number of nitrogen functional groups attached to an aromatic ring is 1. The molecule has 1 aromatic heterocycles. The molecule has 3 saturated heterocycles. The van der Waals surface area contributed by atoms with Crippen LogP contribution in [0.5, 0.6) is 0 Å². The minimum atomic E-state index is -1.39. The number of anilines is 1. The number of aromatic nitrogens is 3. The van der Waals surface area contributed by atoms with Crippen molar-refractivity contribution in [1.29, 1.82) is 0 Å². The molecule has 4 heterocycles. The van der Waals surface area contributed by atoms with Gasteiger partial charge in [0.05, 0.1) is 36.1 Å². The second kappa shape index (κ2) is 23.0. The molecule has 360 valence electrons. The third kappa shape index (κ3) is 12.5. The van der Waals surface area contributed by atoms with Crippen LogP contribution in [0.3, 0.4) is 0 Å². The highest BCUT2D eigenvalue weighted by Crippen LogP contribution is 2.41. The Morgan fingerprint density at radius 3 is 2.41 bits per heavy atom. The molecule has 1 aromatic carbocycles. The molecule has 12 atom stereocenters. The fourth-order valence-electron chi connectivity index (χ4n) is 9.50. The molecule has 3 unspecified atom stereocenters. The summed E-state index contributed by atoms with van der Waals surface area (Å²) in [7, 11) is 5.29. The van der Waals surface area contributed by atoms with Crippen molar-refractivity contribution in [2.75, 3.05) is 46.3 Å². The van der Waals surface area contributed by atoms with E-state index in [9.17, 15) is 28.2 Å². The highest BCUT2D eigenvalue weighted by molar-refractivity contribution is 7.93. The number of fused-ring (bicyclic) bond motifs is 1. The Morgan fingerprint density at radius 2 is 1.80 bits per heavy atom. The fourth-order valence-corrected chi connectivity index (χ4v) is 9.50. The van der Waals surface area contributed by atoms with Crippen molar-refractivity contribution in [2.24, 2.45) is 11.8 Å². The van der Waals surface area contributed by atoms with Crippen LogP contribution in [0, 0.1) is 11.8 Å². The number of nitrogens with zero attached hydrogens (tertiary/aromatic N) is 6. The van der Waals surface area contributed by atoms with Crippen LogP contribution in [0.2, 0.25) is 0 Å². The number of halogens is 1. The molecule has 5 rings (SSSR count). The third-order valence-electron chi connectivity index (χ3n) is 13.1. The normalized spacial score (nSPS) is 33.1. The molecule has 0 aliphatic carbocycles. The first-order chi connectivity index (χ1) is 30.1. The number of aryl methyl sites for hydroxylation is 1. The summed E-state index contributed by atoms with van der Waals surface area (Å²) in [5.41, 5.74) is 5.63. The molecular weight excluding hydrogens is 850 g/mol. The number of aliphatic hydroxyl groups excluding tert-OH is 1. The van der Waals surface area contributed by atoms with Gasteiger partial charge in [0.1, 0.15) is 29.6 Å². The Labute approximate surface area is 382 Å². The van der Waals surface area contributed by atoms with E-state index in [4.69, 9.17) is 29.4 Å². The Kier molecular flexibility index (Phi) is 19.0. The summed E-state index contributed by atoms with van der Waals surface area (Å²) in [5.74, 6) is -2.87. The molecule has 2 amide bonds. The van der Waals surface area contributed by atoms with Gasteiger partial charge in [0.15, 0.2) is 11.9 Å². The minimum Gasteiger partial charge on any atom is -0.458 e. The molecule has 17 nitrogen and oxygen atoms in total. The molecule has 0 saturated carbocycles. The van der Waals surface area contributed by atoms with Crippen molar-refractivity contribution in [1.82, 2.24) is 29.7 Å². The van der Waals surface area contributed by atoms with E-state index in [0.29, 0.717) is 50.2 Å². The van der Waals surface area contributed by atoms with Crippen LogP contribution in [-0.2, 0) is 44.6 Å². The summed E-state index contributed by atoms with van der Waals surface area (Å²) < 4.78 is 43.3. The van der Waals surface area contributed by atoms with E-state index < -0.39 is 71.7 Å². The van der Waals surface area contributed by atoms with E-state index in [2.05, 4.69) is 10.3 Å². The maximum Gasteiger partial charge on any atom is 0.410 e. The van der Waals surface area contributed by atoms with Gasteiger partial charge in [-0.3, -0.25) is 24.0 Å². The van der Waals surface area contributed by atoms with Crippen LogP contribution in [0.4, 0.5) is 14.4 Å². The summed E-state index contributed by atoms with van der Waals surface area (Å²) in [6.07, 6.45) is 0.533. The number of benzene rings is 1. The average Bonchev–Trinajstić information content (AvgIpc) is 3.81. The standard InChI is InChI=1S/C44H69N7O10.CH3FS/c1-12-36-44(8)39(50(42(56)61-44)19-14-13-18-49-25-33(46-47-49)31-16-15-17-32(45)21-31)29(5)51(30(6)52)24-26(2)23-43(7,57-11)37(22-35(53)28(4)40(55)59-36)60-41-38(54)34(48(9)10)20-27(3)58-41;1-3-2/h15-17,21,25-29,34,36-39,41,54H,12-14,18-20,22-24,45H2,1-11H3;1H3/t26-,27?,28-,29-,34?,36-,37-,38?,39-,41+,43+,44-;/m1./s1. The SMILES string of the molecule is CC[C@H]1OC(=O)[C@H](C)C(=O)C[C@@H](O[C@@H]2OC(C)CC(N(C)C)C2O)[C@@](C)(OC)C[C@@H](C)CN(C(C)=O)[C@H](C)[C@H]2N(CCCCn3cc(-c4cccc(N)c4)nn3)C(=O)O[C@]12C.CSF. The first-order valence-electron chi connectivity index (χ1n) is 22.3. The molecule has 64 heavy (non-hydrogen) atoms. The highest BCUT2D eigenvalue weighted by atomic mass is 32.2. The molecular formula is C45H72FN7O10S. The summed E-state index contributed by atoms with van der Waals surface area (Å²) in [5, 5.41) is 20.0. The molecule has 0 bridgehead atoms. The zero-order valence-electron chi connectivity index (χ0n) is 39.7. The second-order valence-electron chi connectivity index (χ2n) is 18.2. The van der Waals surface area contributed by atoms with Crippen LogP contribution in [-0.4, -0.2) is 159 Å². The second-order valence-corrected chi connectivity index (χ2v) is 18.5. The number of hydrogen-bond acceptors (Lipinski definition) is 15. The average molecular weight is 922 g/mol. The molecule has 19 heteroatoms. The number of rotatable bonds is 11. The number of likely N-dealkylation sites (N-methyl/N-ethyl adjacent to an activating group) is 1. The Hall–Kier alpha value is -3.88. The van der Waals surface area contributed by atoms with Gasteiger partial charge in [0.2, 0.25) is 5.91 Å². The summed E-state index contributed by atoms with van der Waals surface area (Å²) in [6, 6.07) is 5.84. The van der Waals surface area contributed by atoms with E-state index in [1.54, 1.807) is 21.4 Å². The lowest BCUT2D eigenvalue weighted by atomic mass is 9.82. The summed E-state index contributed by atoms with van der Waals surface area (Å²) in [4.78, 5) is 61.1. The predicted molar refractivity (Wildman–Crippen MR) is 241 cm³/mol. The van der Waals surface area contributed by atoms with Crippen molar-refractivity contribution in [3.8, 4) is 11.3 Å². The number of cyclic esters (lactones) is 1. The number of esters is 1. The van der Waals surface area contributed by atoms with E-state index in [1.807, 2.05) is 84.1 Å². The predicted octanol–water partition coefficient (Wildman–Crippen LogP) is 5.53. The van der Waals surface area contributed by atoms with Crippen molar-refractivity contribution in [3.63, 3.8) is 0 Å². The first kappa shape index (κ1) is 52.7. The van der Waals surface area contributed by atoms with Gasteiger partial charge in [-0.1, -0.05) is 31.2 Å². The smallest absolute Gasteiger partial charge is 0.410 e. The Balaban J connectivity index is 0.00000291. The van der Waals surface area contributed by atoms with Crippen molar-refractivity contribution in [3.05, 3.63) is 30.5 Å². The van der Waals surface area contributed by atoms with Crippen molar-refractivity contribution in [2.45, 2.75) is 160 Å². The maximum absolute atomic E-state index is 14.1. The van der Waals surface area contributed by atoms with Crippen molar-refractivity contribution >= 4 is 41.6 Å². The van der Waals surface area contributed by atoms with Gasteiger partial charge in [-0.15, -0.1) is 5.10 Å². The van der Waals surface area contributed by atoms with Gasteiger partial charge in [0, 0.05) is 75.8 Å². The quantitative estimate of drug-likeness (QED) is 0.123. The topological polar surface area (TPSA) is 201 Å². The van der Waals surface area contributed by atoms with Gasteiger partial charge < -0.3 is 44.3 Å². The lowest BCUT2D eigenvalue weighted by molar-refractivity contribution is -0.289. The van der Waals surface area contributed by atoms with E-state index >= 15 is 0 Å². The number of carbonyl (C=O) groups excluding carboxylic acids is 4. The monoisotopic (exact) mass is 922 g/mol. The van der Waals surface area contributed by atoms with Crippen LogP contribution in [0.15, 0.2) is 30.5 Å². The van der Waals surface area contributed by atoms with E-state index in [1.165, 1.54) is 27.2 Å². The van der Waals surface area contributed by atoms with Gasteiger partial charge in [0.25, 0.3) is 0 Å². The number of aliphatic hydroxyl groups is 1. The number of Topliss-reactive ketones (excluding diaryl/α,β-unsaturated/α-hetero) is 1. The first-order valence-corrected chi connectivity index (χ1v) is 23.4. The van der Waals surface area contributed by atoms with Gasteiger partial charge in [-0.25, -0.2) is 4.79 Å². The molecule has 3 fully saturated rings. The molecule has 0 spiro atoms. The minimum absolute atomic E-state index is 0.212. The number of ether oxygens (including phenoxy) is 5. The number of ketones is 1. The van der Waals surface area contributed by atoms with E-state index in [-0.39, 0.29) is 55.5 Å². The zero-order chi connectivity index (χ0) is 47.7. The van der Waals surface area contributed by atoms with Gasteiger partial charge in [-0.2, -0.15) is 3.89 Å². The molecule has 3 aliphatic rings. The molecule has 2 aromatic rings. The fraction of sp³-hybridized carbons (Fsp3) is 0.733. The molecule has 3 aliphatic heterocycles. The van der Waals surface area contributed by atoms with E-state index in [0.717, 1.165) is 5.56 Å². The van der Waals surface area contributed by atoms with Crippen molar-refractivity contribution < 1.29 is 51.9 Å². The number of carbonyl (C=O) groups is 4. The van der Waals surface area contributed by atoms with Crippen LogP contribution in [0.1, 0.15) is 93.9 Å². The Bertz CT molecular complexity index is 1880. The zero-order valence-corrected chi connectivity index (χ0v) is 40.5. The highest BCUT2D eigenvalue weighted by Gasteiger charge is 2.59. The van der Waals surface area contributed by atoms with Gasteiger partial charge in [-0.05, 0) is 98.9 Å². The largest absolute Gasteiger partial charge is 0.458 e. The molecule has 0 radical (unpaired) electrons. The summed E-state index contributed by atoms with van der Waals surface area (Å²) >= 11 is 0.250. The maximum atomic E-state index is 14.1. The van der Waals surface area contributed by atoms with Crippen LogP contribution < -0.4 is 5.73 Å². The lowest BCUT2D eigenvalue weighted by Gasteiger charge is -2.46. The molecule has 3 N–H and O–H groups in total. The number of nitrogens with two attached hydrogens (primary N) is 1. The Morgan fingerprint density at radius 1 is 1.12 bits per heavy atom. The summed E-state index contributed by atoms with van der Waals surface area (Å²) in [6.45, 7) is 15.3. The van der Waals surface area contributed by atoms with Crippen LogP contribution >= 0.6 is 12.1 Å². The number of hydrogen-bond donors (Lipinski definition) is 2. The number of methoxy groups -OCH3 is 1.